The molecule has 0 spiro atoms. The van der Waals surface area contributed by atoms with Crippen molar-refractivity contribution in [3.05, 3.63) is 218 Å². The zero-order chi connectivity index (χ0) is 41.4. The van der Waals surface area contributed by atoms with Gasteiger partial charge in [-0.05, 0) is 66.1 Å². The summed E-state index contributed by atoms with van der Waals surface area (Å²) in [6.45, 7) is 2.17. The van der Waals surface area contributed by atoms with Gasteiger partial charge in [-0.15, -0.1) is 0 Å². The highest BCUT2D eigenvalue weighted by Gasteiger charge is 2.22. The first-order chi connectivity index (χ1) is 30.6. The van der Waals surface area contributed by atoms with E-state index >= 15 is 0 Å². The van der Waals surface area contributed by atoms with E-state index in [0.717, 1.165) is 72.3 Å². The molecule has 11 aromatic rings. The number of hydrogen-bond donors (Lipinski definition) is 0. The van der Waals surface area contributed by atoms with Crippen LogP contribution in [0.5, 0.6) is 0 Å². The van der Waals surface area contributed by atoms with Crippen molar-refractivity contribution in [1.82, 2.24) is 29.5 Å². The Bertz CT molecular complexity index is 3280. The lowest BCUT2D eigenvalue weighted by Crippen LogP contribution is -2.04. The second kappa shape index (κ2) is 15.7. The number of para-hydroxylation sites is 1. The maximum Gasteiger partial charge on any atom is 0.166 e. The molecule has 0 atom stereocenters. The lowest BCUT2D eigenvalue weighted by Gasteiger charge is -2.16. The Morgan fingerprint density at radius 3 is 1.40 bits per heavy atom. The molecule has 11 rings (SSSR count). The van der Waals surface area contributed by atoms with Crippen molar-refractivity contribution < 1.29 is 0 Å². The highest BCUT2D eigenvalue weighted by Crippen LogP contribution is 2.40. The fraction of sp³-hybridized carbons (Fsp3) is 0.0179. The van der Waals surface area contributed by atoms with Gasteiger partial charge >= 0.3 is 0 Å². The number of aryl methyl sites for hydroxylation is 1. The van der Waals surface area contributed by atoms with Gasteiger partial charge in [0.15, 0.2) is 23.3 Å². The minimum Gasteiger partial charge on any atom is -0.309 e. The number of fused-ring (bicyclic) bond motifs is 3. The summed E-state index contributed by atoms with van der Waals surface area (Å²) in [6, 6.07) is 73.2. The van der Waals surface area contributed by atoms with E-state index < -0.39 is 0 Å². The first kappa shape index (κ1) is 36.7. The minimum atomic E-state index is 0.541. The topological polar surface area (TPSA) is 69.4 Å². The molecule has 0 radical (unpaired) electrons. The smallest absolute Gasteiger partial charge is 0.166 e. The molecule has 0 unspecified atom stereocenters. The molecule has 8 aromatic carbocycles. The number of rotatable bonds is 8. The van der Waals surface area contributed by atoms with Crippen molar-refractivity contribution in [2.45, 2.75) is 6.92 Å². The SMILES string of the molecule is Cc1ccccc1-c1ccc2c(c1)c1ccccc1n2-c1ccc(-c2nc(-c3ccccc3)cc(-c3ccccc3)n2)cc1-c1nc(-c2ccccc2)nc(-c2ccccc2)n1. The molecule has 3 heterocycles. The van der Waals surface area contributed by atoms with Gasteiger partial charge in [-0.2, -0.15) is 0 Å². The van der Waals surface area contributed by atoms with Gasteiger partial charge in [0, 0.05) is 44.2 Å². The molecular weight excluding hydrogens is 757 g/mol. The van der Waals surface area contributed by atoms with Crippen molar-refractivity contribution in [1.29, 1.82) is 0 Å². The van der Waals surface area contributed by atoms with Crippen molar-refractivity contribution in [2.75, 3.05) is 0 Å². The predicted molar refractivity (Wildman–Crippen MR) is 253 cm³/mol. The molecule has 0 amide bonds. The molecule has 0 N–H and O–H groups in total. The summed E-state index contributed by atoms with van der Waals surface area (Å²) in [5.74, 6) is 2.32. The van der Waals surface area contributed by atoms with E-state index in [4.69, 9.17) is 24.9 Å². The molecule has 292 valence electrons. The third-order valence-corrected chi connectivity index (χ3v) is 11.4. The highest BCUT2D eigenvalue weighted by atomic mass is 15.1. The van der Waals surface area contributed by atoms with Crippen LogP contribution in [0.2, 0.25) is 0 Å². The van der Waals surface area contributed by atoms with Crippen LogP contribution in [0.3, 0.4) is 0 Å². The summed E-state index contributed by atoms with van der Waals surface area (Å²) in [7, 11) is 0. The Morgan fingerprint density at radius 1 is 0.306 bits per heavy atom. The highest BCUT2D eigenvalue weighted by molar-refractivity contribution is 6.11. The number of aromatic nitrogens is 6. The van der Waals surface area contributed by atoms with Crippen LogP contribution in [0.1, 0.15) is 5.56 Å². The number of nitrogens with zero attached hydrogens (tertiary/aromatic N) is 6. The van der Waals surface area contributed by atoms with Gasteiger partial charge in [-0.3, -0.25) is 0 Å². The quantitative estimate of drug-likeness (QED) is 0.153. The third kappa shape index (κ3) is 6.79. The maximum atomic E-state index is 5.28. The van der Waals surface area contributed by atoms with Crippen LogP contribution < -0.4 is 0 Å². The Balaban J connectivity index is 1.20. The lowest BCUT2D eigenvalue weighted by molar-refractivity contribution is 1.06. The van der Waals surface area contributed by atoms with Crippen LogP contribution in [-0.4, -0.2) is 29.5 Å². The fourth-order valence-electron chi connectivity index (χ4n) is 8.36. The summed E-state index contributed by atoms with van der Waals surface area (Å²) in [5.41, 5.74) is 13.9. The van der Waals surface area contributed by atoms with E-state index in [1.54, 1.807) is 0 Å². The number of benzene rings is 8. The Hall–Kier alpha value is -8.35. The van der Waals surface area contributed by atoms with Crippen LogP contribution in [0.4, 0.5) is 0 Å². The Kier molecular flexibility index (Phi) is 9.28. The minimum absolute atomic E-state index is 0.541. The molecule has 0 aliphatic rings. The summed E-state index contributed by atoms with van der Waals surface area (Å²) in [4.78, 5) is 26.1. The second-order valence-corrected chi connectivity index (χ2v) is 15.4. The van der Waals surface area contributed by atoms with Gasteiger partial charge in [-0.1, -0.05) is 170 Å². The van der Waals surface area contributed by atoms with E-state index in [0.29, 0.717) is 23.3 Å². The third-order valence-electron chi connectivity index (χ3n) is 11.4. The van der Waals surface area contributed by atoms with Gasteiger partial charge < -0.3 is 4.57 Å². The summed E-state index contributed by atoms with van der Waals surface area (Å²) < 4.78 is 2.34. The standard InChI is InChI=1S/C56H38N6/c1-37-18-14-15-27-44(37)42-30-32-51-46(34-42)45-28-16-17-29-50(45)62(51)52-33-31-43(55-57-48(38-19-6-2-7-20-38)36-49(58-55)39-21-8-3-9-22-39)35-47(52)56-60-53(40-23-10-4-11-24-40)59-54(61-56)41-25-12-5-13-26-41/h2-36H,1H3. The van der Waals surface area contributed by atoms with E-state index in [1.165, 1.54) is 16.7 Å². The van der Waals surface area contributed by atoms with E-state index in [-0.39, 0.29) is 0 Å². The van der Waals surface area contributed by atoms with Crippen molar-refractivity contribution in [3.63, 3.8) is 0 Å². The zero-order valence-electron chi connectivity index (χ0n) is 33.9. The molecular formula is C56H38N6. The van der Waals surface area contributed by atoms with Gasteiger partial charge in [0.05, 0.1) is 28.1 Å². The number of hydrogen-bond acceptors (Lipinski definition) is 5. The second-order valence-electron chi connectivity index (χ2n) is 15.4. The molecule has 0 bridgehead atoms. The predicted octanol–water partition coefficient (Wildman–Crippen LogP) is 13.7. The molecule has 0 saturated heterocycles. The summed E-state index contributed by atoms with van der Waals surface area (Å²) in [6.07, 6.45) is 0. The van der Waals surface area contributed by atoms with E-state index in [2.05, 4.69) is 127 Å². The van der Waals surface area contributed by atoms with Crippen LogP contribution in [0.25, 0.3) is 107 Å². The zero-order valence-corrected chi connectivity index (χ0v) is 33.9. The van der Waals surface area contributed by atoms with Crippen LogP contribution in [-0.2, 0) is 0 Å². The maximum absolute atomic E-state index is 5.28. The van der Waals surface area contributed by atoms with Crippen molar-refractivity contribution >= 4 is 21.8 Å². The van der Waals surface area contributed by atoms with Crippen molar-refractivity contribution in [3.8, 4) is 84.9 Å². The van der Waals surface area contributed by atoms with E-state index in [9.17, 15) is 0 Å². The molecule has 0 saturated carbocycles. The van der Waals surface area contributed by atoms with Gasteiger partial charge in [0.1, 0.15) is 0 Å². The summed E-state index contributed by atoms with van der Waals surface area (Å²) in [5, 5.41) is 2.32. The monoisotopic (exact) mass is 794 g/mol. The van der Waals surface area contributed by atoms with Gasteiger partial charge in [0.2, 0.25) is 0 Å². The van der Waals surface area contributed by atoms with Crippen LogP contribution in [0.15, 0.2) is 212 Å². The molecule has 6 heteroatoms. The molecule has 0 fully saturated rings. The molecule has 0 aliphatic heterocycles. The molecule has 0 aliphatic carbocycles. The van der Waals surface area contributed by atoms with Crippen molar-refractivity contribution in [2.24, 2.45) is 0 Å². The van der Waals surface area contributed by atoms with Crippen LogP contribution in [0, 0.1) is 6.92 Å². The molecule has 3 aromatic heterocycles. The Morgan fingerprint density at radius 2 is 0.790 bits per heavy atom. The largest absolute Gasteiger partial charge is 0.309 e. The summed E-state index contributed by atoms with van der Waals surface area (Å²) >= 11 is 0. The Labute approximate surface area is 359 Å². The van der Waals surface area contributed by atoms with Gasteiger partial charge in [-0.25, -0.2) is 24.9 Å². The average Bonchev–Trinajstić information content (AvgIpc) is 3.68. The first-order valence-electron chi connectivity index (χ1n) is 20.8. The van der Waals surface area contributed by atoms with E-state index in [1.807, 2.05) is 97.1 Å². The fourth-order valence-corrected chi connectivity index (χ4v) is 8.36. The van der Waals surface area contributed by atoms with Gasteiger partial charge in [0.25, 0.3) is 0 Å². The lowest BCUT2D eigenvalue weighted by atomic mass is 9.99. The van der Waals surface area contributed by atoms with Crippen LogP contribution >= 0.6 is 0 Å². The first-order valence-corrected chi connectivity index (χ1v) is 20.8. The average molecular weight is 795 g/mol. The molecule has 6 nitrogen and oxygen atoms in total. The molecule has 62 heavy (non-hydrogen) atoms. The normalized spacial score (nSPS) is 11.3.